The molecule has 0 saturated carbocycles. The first-order valence-corrected chi connectivity index (χ1v) is 6.95. The van der Waals surface area contributed by atoms with Crippen LogP contribution in [0.3, 0.4) is 0 Å². The summed E-state index contributed by atoms with van der Waals surface area (Å²) in [6, 6.07) is 7.95. The summed E-state index contributed by atoms with van der Waals surface area (Å²) in [4.78, 5) is 2.32. The first-order chi connectivity index (χ1) is 9.33. The van der Waals surface area contributed by atoms with Gasteiger partial charge in [-0.15, -0.1) is 0 Å². The van der Waals surface area contributed by atoms with Crippen molar-refractivity contribution >= 4 is 0 Å². The quantitative estimate of drug-likeness (QED) is 0.853. The number of methoxy groups -OCH3 is 1. The van der Waals surface area contributed by atoms with E-state index in [-0.39, 0.29) is 6.61 Å². The van der Waals surface area contributed by atoms with Gasteiger partial charge in [0.25, 0.3) is 0 Å². The number of hydrogen-bond donors (Lipinski definition) is 1. The van der Waals surface area contributed by atoms with Crippen molar-refractivity contribution in [3.05, 3.63) is 24.3 Å². The highest BCUT2D eigenvalue weighted by molar-refractivity contribution is 5.32. The van der Waals surface area contributed by atoms with E-state index in [0.717, 1.165) is 31.0 Å². The maximum atomic E-state index is 9.35. The Kier molecular flexibility index (Phi) is 5.48. The second-order valence-corrected chi connectivity index (χ2v) is 4.90. The molecule has 2 rings (SSSR count). The van der Waals surface area contributed by atoms with Crippen molar-refractivity contribution in [3.63, 3.8) is 0 Å². The summed E-state index contributed by atoms with van der Waals surface area (Å²) in [5.41, 5.74) is 0. The summed E-state index contributed by atoms with van der Waals surface area (Å²) in [6.07, 6.45) is 3.53. The summed E-state index contributed by atoms with van der Waals surface area (Å²) in [6.45, 7) is 2.82. The maximum absolute atomic E-state index is 9.35. The van der Waals surface area contributed by atoms with Crippen LogP contribution in [0.15, 0.2) is 24.3 Å². The molecule has 1 unspecified atom stereocenters. The fraction of sp³-hybridized carbons (Fsp3) is 0.600. The lowest BCUT2D eigenvalue weighted by atomic mass is 10.0. The molecule has 0 aromatic heterocycles. The molecule has 1 heterocycles. The van der Waals surface area contributed by atoms with Crippen LogP contribution in [0.4, 0.5) is 0 Å². The zero-order valence-corrected chi connectivity index (χ0v) is 11.5. The monoisotopic (exact) mass is 265 g/mol. The minimum Gasteiger partial charge on any atom is -0.497 e. The molecule has 1 fully saturated rings. The van der Waals surface area contributed by atoms with E-state index in [2.05, 4.69) is 4.90 Å². The SMILES string of the molecule is COc1cccc(OCCN2CCCCC2CO)c1. The molecule has 0 spiro atoms. The molecular formula is C15H23NO3. The lowest BCUT2D eigenvalue weighted by Gasteiger charge is -2.34. The van der Waals surface area contributed by atoms with E-state index in [4.69, 9.17) is 9.47 Å². The second-order valence-electron chi connectivity index (χ2n) is 4.90. The largest absolute Gasteiger partial charge is 0.497 e. The number of nitrogens with zero attached hydrogens (tertiary/aromatic N) is 1. The highest BCUT2D eigenvalue weighted by Crippen LogP contribution is 2.19. The lowest BCUT2D eigenvalue weighted by Crippen LogP contribution is -2.43. The number of benzene rings is 1. The van der Waals surface area contributed by atoms with E-state index < -0.39 is 0 Å². The Morgan fingerprint density at radius 2 is 2.16 bits per heavy atom. The average Bonchev–Trinajstić information content (AvgIpc) is 2.48. The minimum absolute atomic E-state index is 0.249. The standard InChI is InChI=1S/C15H23NO3/c1-18-14-6-4-7-15(11-14)19-10-9-16-8-3-2-5-13(16)12-17/h4,6-7,11,13,17H,2-3,5,8-10,12H2,1H3. The highest BCUT2D eigenvalue weighted by atomic mass is 16.5. The van der Waals surface area contributed by atoms with Crippen LogP contribution >= 0.6 is 0 Å². The van der Waals surface area contributed by atoms with Gasteiger partial charge in [-0.25, -0.2) is 0 Å². The smallest absolute Gasteiger partial charge is 0.123 e. The summed E-state index contributed by atoms with van der Waals surface area (Å²) >= 11 is 0. The predicted molar refractivity (Wildman–Crippen MR) is 74.8 cm³/mol. The fourth-order valence-corrected chi connectivity index (χ4v) is 2.53. The molecular weight excluding hydrogens is 242 g/mol. The summed E-state index contributed by atoms with van der Waals surface area (Å²) in [5.74, 6) is 1.64. The van der Waals surface area contributed by atoms with Crippen molar-refractivity contribution in [2.24, 2.45) is 0 Å². The van der Waals surface area contributed by atoms with E-state index in [1.54, 1.807) is 7.11 Å². The molecule has 106 valence electrons. The summed E-state index contributed by atoms with van der Waals surface area (Å²) in [5, 5.41) is 9.35. The molecule has 1 atom stereocenters. The van der Waals surface area contributed by atoms with Crippen molar-refractivity contribution < 1.29 is 14.6 Å². The van der Waals surface area contributed by atoms with Gasteiger partial charge in [0.1, 0.15) is 18.1 Å². The molecule has 1 aromatic rings. The molecule has 1 N–H and O–H groups in total. The third-order valence-corrected chi connectivity index (χ3v) is 3.65. The van der Waals surface area contributed by atoms with Crippen molar-refractivity contribution in [1.29, 1.82) is 0 Å². The van der Waals surface area contributed by atoms with Crippen LogP contribution in [-0.4, -0.2) is 49.5 Å². The van der Waals surface area contributed by atoms with Crippen LogP contribution in [0.5, 0.6) is 11.5 Å². The number of ether oxygens (including phenoxy) is 2. The fourth-order valence-electron chi connectivity index (χ4n) is 2.53. The number of hydrogen-bond acceptors (Lipinski definition) is 4. The third-order valence-electron chi connectivity index (χ3n) is 3.65. The zero-order valence-electron chi connectivity index (χ0n) is 11.5. The van der Waals surface area contributed by atoms with Gasteiger partial charge in [0.2, 0.25) is 0 Å². The van der Waals surface area contributed by atoms with Gasteiger partial charge < -0.3 is 14.6 Å². The van der Waals surface area contributed by atoms with Crippen molar-refractivity contribution in [1.82, 2.24) is 4.90 Å². The molecule has 0 amide bonds. The number of piperidine rings is 1. The van der Waals surface area contributed by atoms with Gasteiger partial charge in [0.05, 0.1) is 13.7 Å². The molecule has 1 aromatic carbocycles. The van der Waals surface area contributed by atoms with Gasteiger partial charge in [0, 0.05) is 18.7 Å². The van der Waals surface area contributed by atoms with E-state index in [1.165, 1.54) is 12.8 Å². The first kappa shape index (κ1) is 14.2. The second kappa shape index (κ2) is 7.36. The van der Waals surface area contributed by atoms with Crippen LogP contribution in [0.1, 0.15) is 19.3 Å². The van der Waals surface area contributed by atoms with Crippen molar-refractivity contribution in [2.45, 2.75) is 25.3 Å². The number of likely N-dealkylation sites (tertiary alicyclic amines) is 1. The van der Waals surface area contributed by atoms with Crippen LogP contribution < -0.4 is 9.47 Å². The topological polar surface area (TPSA) is 41.9 Å². The number of aliphatic hydroxyl groups excluding tert-OH is 1. The van der Waals surface area contributed by atoms with Gasteiger partial charge in [-0.2, -0.15) is 0 Å². The Morgan fingerprint density at radius 1 is 1.32 bits per heavy atom. The molecule has 1 saturated heterocycles. The van der Waals surface area contributed by atoms with Gasteiger partial charge in [-0.1, -0.05) is 12.5 Å². The molecule has 19 heavy (non-hydrogen) atoms. The van der Waals surface area contributed by atoms with Gasteiger partial charge in [0.15, 0.2) is 0 Å². The van der Waals surface area contributed by atoms with Crippen LogP contribution in [0.2, 0.25) is 0 Å². The molecule has 0 bridgehead atoms. The number of rotatable bonds is 6. The van der Waals surface area contributed by atoms with E-state index in [0.29, 0.717) is 12.6 Å². The van der Waals surface area contributed by atoms with E-state index in [9.17, 15) is 5.11 Å². The third kappa shape index (κ3) is 4.11. The number of aliphatic hydroxyl groups is 1. The first-order valence-electron chi connectivity index (χ1n) is 6.95. The molecule has 4 heteroatoms. The molecule has 1 aliphatic rings. The van der Waals surface area contributed by atoms with E-state index >= 15 is 0 Å². The molecule has 0 aliphatic carbocycles. The predicted octanol–water partition coefficient (Wildman–Crippen LogP) is 1.92. The summed E-state index contributed by atoms with van der Waals surface area (Å²) < 4.78 is 10.9. The Bertz CT molecular complexity index is 383. The van der Waals surface area contributed by atoms with E-state index in [1.807, 2.05) is 24.3 Å². The van der Waals surface area contributed by atoms with Gasteiger partial charge in [-0.3, -0.25) is 4.90 Å². The zero-order chi connectivity index (χ0) is 13.5. The Balaban J connectivity index is 1.78. The van der Waals surface area contributed by atoms with Crippen molar-refractivity contribution in [2.75, 3.05) is 33.4 Å². The molecule has 4 nitrogen and oxygen atoms in total. The minimum atomic E-state index is 0.249. The molecule has 1 aliphatic heterocycles. The molecule has 0 radical (unpaired) electrons. The maximum Gasteiger partial charge on any atom is 0.123 e. The Hall–Kier alpha value is -1.26. The highest BCUT2D eigenvalue weighted by Gasteiger charge is 2.20. The van der Waals surface area contributed by atoms with Gasteiger partial charge in [-0.05, 0) is 31.5 Å². The van der Waals surface area contributed by atoms with Gasteiger partial charge >= 0.3 is 0 Å². The van der Waals surface area contributed by atoms with Crippen LogP contribution in [0, 0.1) is 0 Å². The van der Waals surface area contributed by atoms with Crippen molar-refractivity contribution in [3.8, 4) is 11.5 Å². The Morgan fingerprint density at radius 3 is 2.95 bits per heavy atom. The van der Waals surface area contributed by atoms with Crippen LogP contribution in [-0.2, 0) is 0 Å². The summed E-state index contributed by atoms with van der Waals surface area (Å²) in [7, 11) is 1.65. The lowest BCUT2D eigenvalue weighted by molar-refractivity contribution is 0.0773. The normalized spacial score (nSPS) is 20.2. The van der Waals surface area contributed by atoms with Crippen LogP contribution in [0.25, 0.3) is 0 Å². The average molecular weight is 265 g/mol. The Labute approximate surface area is 114 Å².